The van der Waals surface area contributed by atoms with Gasteiger partial charge in [0, 0.05) is 0 Å². The van der Waals surface area contributed by atoms with E-state index < -0.39 is 0 Å². The van der Waals surface area contributed by atoms with Crippen molar-refractivity contribution in [1.29, 1.82) is 0 Å². The minimum Gasteiger partial charge on any atom is -0.497 e. The molecular formula is C16H28N2O. The number of hydrogen-bond acceptors (Lipinski definition) is 3. The molecule has 0 bridgehead atoms. The van der Waals surface area contributed by atoms with E-state index in [0.717, 1.165) is 18.6 Å². The second kappa shape index (κ2) is 7.51. The molecule has 3 nitrogen and oxygen atoms in total. The summed E-state index contributed by atoms with van der Waals surface area (Å²) in [5.74, 6) is 1.87. The lowest BCUT2D eigenvalue weighted by atomic mass is 9.82. The standard InChI is InChI=1S/C16H28N2O/c1-5-14(8-13(9-17)10-18)16-11(2)6-15(19-4)7-12(16)3/h6-7,13-14H,5,8-10,17-18H2,1-4H3. The van der Waals surface area contributed by atoms with E-state index in [0.29, 0.717) is 24.9 Å². The summed E-state index contributed by atoms with van der Waals surface area (Å²) in [4.78, 5) is 0. The predicted molar refractivity (Wildman–Crippen MR) is 81.7 cm³/mol. The molecule has 0 aliphatic rings. The molecule has 1 atom stereocenters. The summed E-state index contributed by atoms with van der Waals surface area (Å²) in [5, 5.41) is 0. The molecule has 1 unspecified atom stereocenters. The fraction of sp³-hybridized carbons (Fsp3) is 0.625. The molecule has 0 radical (unpaired) electrons. The van der Waals surface area contributed by atoms with Crippen LogP contribution in [-0.2, 0) is 0 Å². The molecule has 0 fully saturated rings. The Kier molecular flexibility index (Phi) is 6.32. The van der Waals surface area contributed by atoms with Crippen molar-refractivity contribution in [3.8, 4) is 5.75 Å². The summed E-state index contributed by atoms with van der Waals surface area (Å²) in [6.07, 6.45) is 2.18. The highest BCUT2D eigenvalue weighted by Gasteiger charge is 2.19. The Labute approximate surface area is 117 Å². The van der Waals surface area contributed by atoms with Gasteiger partial charge in [-0.25, -0.2) is 0 Å². The molecule has 0 aliphatic carbocycles. The maximum atomic E-state index is 5.79. The SMILES string of the molecule is CCC(CC(CN)CN)c1c(C)cc(OC)cc1C. The van der Waals surface area contributed by atoms with Crippen LogP contribution in [0.4, 0.5) is 0 Å². The van der Waals surface area contributed by atoms with Gasteiger partial charge in [-0.1, -0.05) is 6.92 Å². The molecule has 3 heteroatoms. The maximum absolute atomic E-state index is 5.79. The van der Waals surface area contributed by atoms with Gasteiger partial charge in [0.2, 0.25) is 0 Å². The molecule has 0 saturated heterocycles. The summed E-state index contributed by atoms with van der Waals surface area (Å²) >= 11 is 0. The smallest absolute Gasteiger partial charge is 0.119 e. The summed E-state index contributed by atoms with van der Waals surface area (Å²) in [6.45, 7) is 7.89. The lowest BCUT2D eigenvalue weighted by Crippen LogP contribution is -2.25. The molecule has 0 amide bonds. The Morgan fingerprint density at radius 2 is 1.63 bits per heavy atom. The third-order valence-corrected chi connectivity index (χ3v) is 3.99. The van der Waals surface area contributed by atoms with Gasteiger partial charge in [0.1, 0.15) is 5.75 Å². The fourth-order valence-corrected chi connectivity index (χ4v) is 2.88. The lowest BCUT2D eigenvalue weighted by Gasteiger charge is -2.24. The van der Waals surface area contributed by atoms with Crippen LogP contribution in [0.15, 0.2) is 12.1 Å². The number of benzene rings is 1. The van der Waals surface area contributed by atoms with Gasteiger partial charge < -0.3 is 16.2 Å². The largest absolute Gasteiger partial charge is 0.497 e. The average molecular weight is 264 g/mol. The van der Waals surface area contributed by atoms with Gasteiger partial charge in [0.15, 0.2) is 0 Å². The minimum atomic E-state index is 0.408. The molecule has 0 aliphatic heterocycles. The van der Waals surface area contributed by atoms with E-state index in [2.05, 4.69) is 32.9 Å². The third-order valence-electron chi connectivity index (χ3n) is 3.99. The van der Waals surface area contributed by atoms with Gasteiger partial charge in [-0.3, -0.25) is 0 Å². The van der Waals surface area contributed by atoms with Crippen molar-refractivity contribution in [2.75, 3.05) is 20.2 Å². The number of ether oxygens (including phenoxy) is 1. The van der Waals surface area contributed by atoms with E-state index in [1.807, 2.05) is 0 Å². The topological polar surface area (TPSA) is 61.3 Å². The molecule has 1 rings (SSSR count). The number of methoxy groups -OCH3 is 1. The first-order valence-corrected chi connectivity index (χ1v) is 7.12. The number of hydrogen-bond donors (Lipinski definition) is 2. The summed E-state index contributed by atoms with van der Waals surface area (Å²) < 4.78 is 5.33. The molecule has 0 saturated carbocycles. The average Bonchev–Trinajstić information content (AvgIpc) is 2.41. The van der Waals surface area contributed by atoms with Crippen LogP contribution >= 0.6 is 0 Å². The Bertz CT molecular complexity index is 377. The van der Waals surface area contributed by atoms with Crippen LogP contribution in [0.3, 0.4) is 0 Å². The van der Waals surface area contributed by atoms with E-state index in [1.165, 1.54) is 16.7 Å². The first-order chi connectivity index (χ1) is 9.07. The predicted octanol–water partition coefficient (Wildman–Crippen LogP) is 2.73. The quantitative estimate of drug-likeness (QED) is 0.796. The molecule has 1 aromatic carbocycles. The Balaban J connectivity index is 3.04. The monoisotopic (exact) mass is 264 g/mol. The molecular weight excluding hydrogens is 236 g/mol. The van der Waals surface area contributed by atoms with E-state index in [-0.39, 0.29) is 0 Å². The third kappa shape index (κ3) is 3.95. The molecule has 108 valence electrons. The highest BCUT2D eigenvalue weighted by molar-refractivity contribution is 5.43. The van der Waals surface area contributed by atoms with Crippen LogP contribution in [0.2, 0.25) is 0 Å². The molecule has 19 heavy (non-hydrogen) atoms. The number of nitrogens with two attached hydrogens (primary N) is 2. The van der Waals surface area contributed by atoms with Gasteiger partial charge in [-0.15, -0.1) is 0 Å². The maximum Gasteiger partial charge on any atom is 0.119 e. The van der Waals surface area contributed by atoms with Gasteiger partial charge >= 0.3 is 0 Å². The molecule has 0 spiro atoms. The summed E-state index contributed by atoms with van der Waals surface area (Å²) in [6, 6.07) is 4.23. The van der Waals surface area contributed by atoms with Crippen LogP contribution in [0.5, 0.6) is 5.75 Å². The molecule has 0 aromatic heterocycles. The fourth-order valence-electron chi connectivity index (χ4n) is 2.88. The minimum absolute atomic E-state index is 0.408. The summed E-state index contributed by atoms with van der Waals surface area (Å²) in [5.41, 5.74) is 15.6. The first kappa shape index (κ1) is 16.0. The zero-order valence-electron chi connectivity index (χ0n) is 12.7. The highest BCUT2D eigenvalue weighted by atomic mass is 16.5. The van der Waals surface area contributed by atoms with Crippen molar-refractivity contribution in [2.45, 2.75) is 39.5 Å². The van der Waals surface area contributed by atoms with Crippen LogP contribution in [0.1, 0.15) is 42.4 Å². The van der Waals surface area contributed by atoms with Crippen molar-refractivity contribution in [1.82, 2.24) is 0 Å². The lowest BCUT2D eigenvalue weighted by molar-refractivity contribution is 0.412. The van der Waals surface area contributed by atoms with Crippen molar-refractivity contribution >= 4 is 0 Å². The zero-order valence-corrected chi connectivity index (χ0v) is 12.7. The first-order valence-electron chi connectivity index (χ1n) is 7.12. The van der Waals surface area contributed by atoms with Gasteiger partial charge in [0.05, 0.1) is 7.11 Å². The van der Waals surface area contributed by atoms with Gasteiger partial charge in [-0.2, -0.15) is 0 Å². The second-order valence-corrected chi connectivity index (χ2v) is 5.35. The van der Waals surface area contributed by atoms with Crippen LogP contribution in [0, 0.1) is 19.8 Å². The van der Waals surface area contributed by atoms with Gasteiger partial charge in [0.25, 0.3) is 0 Å². The van der Waals surface area contributed by atoms with Crippen molar-refractivity contribution in [3.63, 3.8) is 0 Å². The van der Waals surface area contributed by atoms with Crippen LogP contribution in [0.25, 0.3) is 0 Å². The Morgan fingerprint density at radius 3 is 2.00 bits per heavy atom. The molecule has 4 N–H and O–H groups in total. The molecule has 1 aromatic rings. The zero-order chi connectivity index (χ0) is 14.4. The van der Waals surface area contributed by atoms with E-state index in [1.54, 1.807) is 7.11 Å². The van der Waals surface area contributed by atoms with Gasteiger partial charge in [-0.05, 0) is 80.4 Å². The van der Waals surface area contributed by atoms with E-state index >= 15 is 0 Å². The van der Waals surface area contributed by atoms with Crippen molar-refractivity contribution in [3.05, 3.63) is 28.8 Å². The Morgan fingerprint density at radius 1 is 1.11 bits per heavy atom. The Hall–Kier alpha value is -1.06. The van der Waals surface area contributed by atoms with E-state index in [9.17, 15) is 0 Å². The summed E-state index contributed by atoms with van der Waals surface area (Å²) in [7, 11) is 1.71. The number of rotatable bonds is 7. The number of aryl methyl sites for hydroxylation is 2. The second-order valence-electron chi connectivity index (χ2n) is 5.35. The normalized spacial score (nSPS) is 12.8. The van der Waals surface area contributed by atoms with E-state index in [4.69, 9.17) is 16.2 Å². The van der Waals surface area contributed by atoms with Crippen molar-refractivity contribution < 1.29 is 4.74 Å². The van der Waals surface area contributed by atoms with Crippen LogP contribution in [-0.4, -0.2) is 20.2 Å². The molecule has 0 heterocycles. The van der Waals surface area contributed by atoms with Crippen LogP contribution < -0.4 is 16.2 Å². The highest BCUT2D eigenvalue weighted by Crippen LogP contribution is 2.33. The van der Waals surface area contributed by atoms with Crippen molar-refractivity contribution in [2.24, 2.45) is 17.4 Å².